The molecule has 0 aliphatic heterocycles. The van der Waals surface area contributed by atoms with Crippen molar-refractivity contribution in [1.29, 1.82) is 0 Å². The van der Waals surface area contributed by atoms with Gasteiger partial charge in [-0.3, -0.25) is 14.9 Å². The molecule has 0 saturated heterocycles. The summed E-state index contributed by atoms with van der Waals surface area (Å²) in [5, 5.41) is 8.26. The first kappa shape index (κ1) is 20.2. The summed E-state index contributed by atoms with van der Waals surface area (Å²) in [5.41, 5.74) is 3.80. The van der Waals surface area contributed by atoms with Gasteiger partial charge in [-0.05, 0) is 38.3 Å². The highest BCUT2D eigenvalue weighted by atomic mass is 32.1. The van der Waals surface area contributed by atoms with Crippen LogP contribution in [0.1, 0.15) is 39.0 Å². The average molecular weight is 414 g/mol. The van der Waals surface area contributed by atoms with Gasteiger partial charge in [-0.25, -0.2) is 4.98 Å². The van der Waals surface area contributed by atoms with Gasteiger partial charge in [0.05, 0.1) is 11.3 Å². The standard InChI is InChI=1S/C21H23N3O2S2/c1-13-11-18(14(2)28-13)20(26)24-21-23-19(12-27-21)17-8-6-16(7-9-17)5-4-10-22-15(3)25/h6-9,11-12H,4-5,10H2,1-3H3,(H,22,25)(H,23,24,26). The first-order chi connectivity index (χ1) is 13.4. The Kier molecular flexibility index (Phi) is 6.59. The van der Waals surface area contributed by atoms with Crippen molar-refractivity contribution in [2.24, 2.45) is 0 Å². The number of aromatic nitrogens is 1. The summed E-state index contributed by atoms with van der Waals surface area (Å²) in [6.45, 7) is 6.17. The van der Waals surface area contributed by atoms with Crippen molar-refractivity contribution in [1.82, 2.24) is 10.3 Å². The van der Waals surface area contributed by atoms with E-state index in [1.807, 2.05) is 37.4 Å². The number of carbonyl (C=O) groups is 2. The molecule has 0 radical (unpaired) electrons. The number of carbonyl (C=O) groups excluding carboxylic acids is 2. The molecule has 0 atom stereocenters. The molecule has 0 spiro atoms. The zero-order chi connectivity index (χ0) is 20.1. The van der Waals surface area contributed by atoms with Crippen LogP contribution in [0, 0.1) is 13.8 Å². The number of aryl methyl sites for hydroxylation is 3. The molecule has 0 aliphatic carbocycles. The van der Waals surface area contributed by atoms with E-state index in [0.717, 1.165) is 33.9 Å². The van der Waals surface area contributed by atoms with Crippen molar-refractivity contribution in [2.45, 2.75) is 33.6 Å². The topological polar surface area (TPSA) is 71.1 Å². The summed E-state index contributed by atoms with van der Waals surface area (Å²) in [7, 11) is 0. The molecule has 3 rings (SSSR count). The highest BCUT2D eigenvalue weighted by Gasteiger charge is 2.14. The van der Waals surface area contributed by atoms with Crippen LogP contribution in [0.3, 0.4) is 0 Å². The molecule has 0 aliphatic rings. The van der Waals surface area contributed by atoms with Crippen molar-refractivity contribution in [3.63, 3.8) is 0 Å². The maximum Gasteiger partial charge on any atom is 0.258 e. The van der Waals surface area contributed by atoms with E-state index in [4.69, 9.17) is 0 Å². The Balaban J connectivity index is 1.59. The fraction of sp³-hybridized carbons (Fsp3) is 0.286. The molecule has 2 heterocycles. The number of hydrogen-bond acceptors (Lipinski definition) is 5. The second-order valence-corrected chi connectivity index (χ2v) is 8.92. The fourth-order valence-corrected chi connectivity index (χ4v) is 4.52. The van der Waals surface area contributed by atoms with Crippen LogP contribution in [0.4, 0.5) is 5.13 Å². The van der Waals surface area contributed by atoms with Crippen LogP contribution in [-0.2, 0) is 11.2 Å². The lowest BCUT2D eigenvalue weighted by Gasteiger charge is -2.04. The molecule has 0 fully saturated rings. The zero-order valence-corrected chi connectivity index (χ0v) is 17.8. The second kappa shape index (κ2) is 9.12. The molecule has 3 aromatic rings. The molecule has 2 aromatic heterocycles. The first-order valence-corrected chi connectivity index (χ1v) is 10.8. The number of thiophene rings is 1. The summed E-state index contributed by atoms with van der Waals surface area (Å²) in [6.07, 6.45) is 1.83. The number of benzene rings is 1. The average Bonchev–Trinajstić information content (AvgIpc) is 3.25. The van der Waals surface area contributed by atoms with Gasteiger partial charge in [0.25, 0.3) is 5.91 Å². The predicted molar refractivity (Wildman–Crippen MR) is 116 cm³/mol. The smallest absolute Gasteiger partial charge is 0.258 e. The van der Waals surface area contributed by atoms with Gasteiger partial charge in [0, 0.05) is 34.2 Å². The van der Waals surface area contributed by atoms with E-state index in [-0.39, 0.29) is 11.8 Å². The number of nitrogens with one attached hydrogen (secondary N) is 2. The van der Waals surface area contributed by atoms with Crippen LogP contribution in [0.2, 0.25) is 0 Å². The lowest BCUT2D eigenvalue weighted by atomic mass is 10.1. The van der Waals surface area contributed by atoms with E-state index in [1.54, 1.807) is 11.3 Å². The van der Waals surface area contributed by atoms with Crippen molar-refractivity contribution in [3.8, 4) is 11.3 Å². The molecular formula is C21H23N3O2S2. The molecule has 5 nitrogen and oxygen atoms in total. The Morgan fingerprint density at radius 1 is 1.14 bits per heavy atom. The minimum Gasteiger partial charge on any atom is -0.356 e. The van der Waals surface area contributed by atoms with Crippen molar-refractivity contribution in [3.05, 3.63) is 56.6 Å². The first-order valence-electron chi connectivity index (χ1n) is 9.10. The van der Waals surface area contributed by atoms with Gasteiger partial charge in [-0.15, -0.1) is 22.7 Å². The van der Waals surface area contributed by atoms with Crippen LogP contribution in [0.15, 0.2) is 35.7 Å². The molecule has 7 heteroatoms. The molecule has 146 valence electrons. The van der Waals surface area contributed by atoms with Crippen molar-refractivity contribution >= 4 is 39.6 Å². The molecule has 2 amide bonds. The molecule has 0 bridgehead atoms. The predicted octanol–water partition coefficient (Wildman–Crippen LogP) is 4.81. The normalized spacial score (nSPS) is 10.7. The van der Waals surface area contributed by atoms with E-state index in [1.165, 1.54) is 23.8 Å². The summed E-state index contributed by atoms with van der Waals surface area (Å²) in [5.74, 6) is -0.108. The number of anilines is 1. The Hall–Kier alpha value is -2.51. The lowest BCUT2D eigenvalue weighted by molar-refractivity contribution is -0.118. The summed E-state index contributed by atoms with van der Waals surface area (Å²) in [4.78, 5) is 30.0. The maximum absolute atomic E-state index is 12.4. The fourth-order valence-electron chi connectivity index (χ4n) is 2.88. The van der Waals surface area contributed by atoms with Gasteiger partial charge in [0.15, 0.2) is 5.13 Å². The lowest BCUT2D eigenvalue weighted by Crippen LogP contribution is -2.21. The Bertz CT molecular complexity index is 974. The SMILES string of the molecule is CC(=O)NCCCc1ccc(-c2csc(NC(=O)c3cc(C)sc3C)n2)cc1. The minimum atomic E-state index is -0.114. The van der Waals surface area contributed by atoms with E-state index in [9.17, 15) is 9.59 Å². The maximum atomic E-state index is 12.4. The third-order valence-corrected chi connectivity index (χ3v) is 6.00. The molecule has 2 N–H and O–H groups in total. The highest BCUT2D eigenvalue weighted by molar-refractivity contribution is 7.14. The van der Waals surface area contributed by atoms with Gasteiger partial charge < -0.3 is 5.32 Å². The van der Waals surface area contributed by atoms with Crippen LogP contribution in [-0.4, -0.2) is 23.3 Å². The minimum absolute atomic E-state index is 0.00562. The van der Waals surface area contributed by atoms with E-state index in [2.05, 4.69) is 27.8 Å². The summed E-state index contributed by atoms with van der Waals surface area (Å²) in [6, 6.07) is 10.2. The van der Waals surface area contributed by atoms with Gasteiger partial charge in [-0.1, -0.05) is 24.3 Å². The molecular weight excluding hydrogens is 390 g/mol. The van der Waals surface area contributed by atoms with Crippen LogP contribution < -0.4 is 10.6 Å². The Morgan fingerprint density at radius 3 is 2.54 bits per heavy atom. The number of nitrogens with zero attached hydrogens (tertiary/aromatic N) is 1. The van der Waals surface area contributed by atoms with E-state index >= 15 is 0 Å². The Labute approximate surface area is 172 Å². The zero-order valence-electron chi connectivity index (χ0n) is 16.2. The van der Waals surface area contributed by atoms with Crippen LogP contribution in [0.25, 0.3) is 11.3 Å². The molecule has 28 heavy (non-hydrogen) atoms. The van der Waals surface area contributed by atoms with Crippen LogP contribution in [0.5, 0.6) is 0 Å². The van der Waals surface area contributed by atoms with Gasteiger partial charge in [0.1, 0.15) is 0 Å². The molecule has 0 saturated carbocycles. The van der Waals surface area contributed by atoms with E-state index < -0.39 is 0 Å². The molecule has 1 aromatic carbocycles. The molecule has 0 unspecified atom stereocenters. The van der Waals surface area contributed by atoms with Gasteiger partial charge >= 0.3 is 0 Å². The van der Waals surface area contributed by atoms with Gasteiger partial charge in [-0.2, -0.15) is 0 Å². The number of amides is 2. The van der Waals surface area contributed by atoms with Gasteiger partial charge in [0.2, 0.25) is 5.91 Å². The largest absolute Gasteiger partial charge is 0.356 e. The number of rotatable bonds is 7. The second-order valence-electron chi connectivity index (χ2n) is 6.60. The highest BCUT2D eigenvalue weighted by Crippen LogP contribution is 2.27. The van der Waals surface area contributed by atoms with Crippen LogP contribution >= 0.6 is 22.7 Å². The number of hydrogen-bond donors (Lipinski definition) is 2. The third-order valence-electron chi connectivity index (χ3n) is 4.28. The number of thiazole rings is 1. The Morgan fingerprint density at radius 2 is 1.89 bits per heavy atom. The van der Waals surface area contributed by atoms with Crippen molar-refractivity contribution in [2.75, 3.05) is 11.9 Å². The third kappa shape index (κ3) is 5.27. The quantitative estimate of drug-likeness (QED) is 0.546. The monoisotopic (exact) mass is 413 g/mol. The summed E-state index contributed by atoms with van der Waals surface area (Å²) < 4.78 is 0. The summed E-state index contributed by atoms with van der Waals surface area (Å²) >= 11 is 3.05. The van der Waals surface area contributed by atoms with E-state index in [0.29, 0.717) is 17.2 Å². The van der Waals surface area contributed by atoms with Crippen molar-refractivity contribution < 1.29 is 9.59 Å².